The number of aromatic nitrogens is 2. The van der Waals surface area contributed by atoms with Crippen molar-refractivity contribution >= 4 is 23.3 Å². The molecule has 0 atom stereocenters. The van der Waals surface area contributed by atoms with E-state index in [4.69, 9.17) is 15.2 Å². The van der Waals surface area contributed by atoms with Gasteiger partial charge in [-0.2, -0.15) is 0 Å². The van der Waals surface area contributed by atoms with Gasteiger partial charge in [0.05, 0.1) is 20.1 Å². The van der Waals surface area contributed by atoms with E-state index in [1.54, 1.807) is 7.11 Å². The number of piperidine rings is 1. The first-order chi connectivity index (χ1) is 13.1. The van der Waals surface area contributed by atoms with Crippen LogP contribution in [0, 0.1) is 5.92 Å². The van der Waals surface area contributed by atoms with Gasteiger partial charge in [-0.15, -0.1) is 0 Å². The summed E-state index contributed by atoms with van der Waals surface area (Å²) in [5.41, 5.74) is 7.91. The maximum absolute atomic E-state index is 11.7. The maximum atomic E-state index is 11.7. The van der Waals surface area contributed by atoms with E-state index in [1.165, 1.54) is 13.4 Å². The van der Waals surface area contributed by atoms with Crippen molar-refractivity contribution in [1.29, 1.82) is 0 Å². The molecule has 0 aliphatic carbocycles. The van der Waals surface area contributed by atoms with Crippen molar-refractivity contribution < 1.29 is 14.3 Å². The molecular weight excluding hydrogens is 346 g/mol. The van der Waals surface area contributed by atoms with Gasteiger partial charge in [-0.3, -0.25) is 4.79 Å². The van der Waals surface area contributed by atoms with Crippen LogP contribution in [-0.2, 0) is 16.1 Å². The summed E-state index contributed by atoms with van der Waals surface area (Å²) in [5, 5.41) is 3.26. The van der Waals surface area contributed by atoms with Crippen LogP contribution >= 0.6 is 0 Å². The minimum Gasteiger partial charge on any atom is -0.497 e. The van der Waals surface area contributed by atoms with Gasteiger partial charge in [0.15, 0.2) is 11.6 Å². The van der Waals surface area contributed by atoms with Crippen LogP contribution in [0.1, 0.15) is 18.4 Å². The predicted molar refractivity (Wildman–Crippen MR) is 104 cm³/mol. The second-order valence-electron chi connectivity index (χ2n) is 6.45. The quantitative estimate of drug-likeness (QED) is 0.744. The molecule has 0 radical (unpaired) electrons. The molecule has 27 heavy (non-hydrogen) atoms. The molecule has 3 N–H and O–H groups in total. The molecule has 1 saturated heterocycles. The number of nitrogen functional groups attached to an aromatic ring is 1. The van der Waals surface area contributed by atoms with E-state index in [9.17, 15) is 4.79 Å². The highest BCUT2D eigenvalue weighted by molar-refractivity contribution is 5.76. The molecule has 1 aliphatic heterocycles. The van der Waals surface area contributed by atoms with E-state index < -0.39 is 0 Å². The van der Waals surface area contributed by atoms with Crippen LogP contribution in [0.4, 0.5) is 17.3 Å². The molecule has 144 valence electrons. The standard InChI is InChI=1S/C19H25N5O3/c1-26-15-5-3-13(4-6-15)11-21-17-16(20)18(23-12-22-17)24-9-7-14(8-10-24)19(25)27-2/h3-6,12,14H,7-11,20H2,1-2H3,(H,21,22,23). The monoisotopic (exact) mass is 371 g/mol. The predicted octanol–water partition coefficient (Wildman–Crippen LogP) is 2.07. The van der Waals surface area contributed by atoms with Crippen molar-refractivity contribution in [2.75, 3.05) is 43.3 Å². The van der Waals surface area contributed by atoms with Crippen LogP contribution in [0.3, 0.4) is 0 Å². The lowest BCUT2D eigenvalue weighted by molar-refractivity contribution is -0.146. The van der Waals surface area contributed by atoms with Crippen LogP contribution in [-0.4, -0.2) is 43.2 Å². The molecule has 0 unspecified atom stereocenters. The lowest BCUT2D eigenvalue weighted by Gasteiger charge is -2.32. The zero-order chi connectivity index (χ0) is 19.2. The number of rotatable bonds is 6. The van der Waals surface area contributed by atoms with Crippen molar-refractivity contribution in [2.24, 2.45) is 5.92 Å². The minimum absolute atomic E-state index is 0.0537. The molecule has 8 nitrogen and oxygen atoms in total. The number of methoxy groups -OCH3 is 2. The smallest absolute Gasteiger partial charge is 0.308 e. The normalized spacial score (nSPS) is 14.7. The highest BCUT2D eigenvalue weighted by Gasteiger charge is 2.27. The summed E-state index contributed by atoms with van der Waals surface area (Å²) in [5.74, 6) is 1.92. The highest BCUT2D eigenvalue weighted by Crippen LogP contribution is 2.30. The summed E-state index contributed by atoms with van der Waals surface area (Å²) >= 11 is 0. The zero-order valence-corrected chi connectivity index (χ0v) is 15.6. The molecule has 0 amide bonds. The SMILES string of the molecule is COC(=O)C1CCN(c2ncnc(NCc3ccc(OC)cc3)c2N)CC1. The van der Waals surface area contributed by atoms with Gasteiger partial charge in [0.25, 0.3) is 0 Å². The molecule has 1 fully saturated rings. The number of nitrogens with one attached hydrogen (secondary N) is 1. The molecular formula is C19H25N5O3. The Labute approximate surface area is 158 Å². The Kier molecular flexibility index (Phi) is 5.95. The van der Waals surface area contributed by atoms with Gasteiger partial charge in [-0.1, -0.05) is 12.1 Å². The van der Waals surface area contributed by atoms with Crippen molar-refractivity contribution in [3.05, 3.63) is 36.2 Å². The number of hydrogen-bond donors (Lipinski definition) is 2. The number of anilines is 3. The van der Waals surface area contributed by atoms with E-state index in [1.807, 2.05) is 24.3 Å². The van der Waals surface area contributed by atoms with Gasteiger partial charge in [0.2, 0.25) is 0 Å². The Hall–Kier alpha value is -3.03. The third-order valence-corrected chi connectivity index (χ3v) is 4.81. The van der Waals surface area contributed by atoms with Gasteiger partial charge in [-0.25, -0.2) is 9.97 Å². The fourth-order valence-electron chi connectivity index (χ4n) is 3.20. The topological polar surface area (TPSA) is 103 Å². The first-order valence-electron chi connectivity index (χ1n) is 8.92. The van der Waals surface area contributed by atoms with Crippen molar-refractivity contribution in [2.45, 2.75) is 19.4 Å². The zero-order valence-electron chi connectivity index (χ0n) is 15.6. The lowest BCUT2D eigenvalue weighted by atomic mass is 9.97. The second kappa shape index (κ2) is 8.57. The fourth-order valence-corrected chi connectivity index (χ4v) is 3.20. The number of benzene rings is 1. The number of esters is 1. The number of carbonyl (C=O) groups is 1. The van der Waals surface area contributed by atoms with Crippen molar-refractivity contribution in [1.82, 2.24) is 9.97 Å². The van der Waals surface area contributed by atoms with E-state index in [0.717, 1.165) is 24.2 Å². The molecule has 1 aliphatic rings. The van der Waals surface area contributed by atoms with Crippen LogP contribution in [0.25, 0.3) is 0 Å². The molecule has 3 rings (SSSR count). The largest absolute Gasteiger partial charge is 0.497 e. The molecule has 1 aromatic carbocycles. The van der Waals surface area contributed by atoms with E-state index in [-0.39, 0.29) is 11.9 Å². The molecule has 1 aromatic heterocycles. The van der Waals surface area contributed by atoms with E-state index in [0.29, 0.717) is 37.0 Å². The van der Waals surface area contributed by atoms with Crippen LogP contribution in [0.15, 0.2) is 30.6 Å². The first kappa shape index (κ1) is 18.8. The summed E-state index contributed by atoms with van der Waals surface area (Å²) < 4.78 is 10.0. The third-order valence-electron chi connectivity index (χ3n) is 4.81. The first-order valence-corrected chi connectivity index (χ1v) is 8.92. The Balaban J connectivity index is 1.64. The van der Waals surface area contributed by atoms with Crippen LogP contribution in [0.5, 0.6) is 5.75 Å². The van der Waals surface area contributed by atoms with Crippen molar-refractivity contribution in [3.63, 3.8) is 0 Å². The molecule has 2 heterocycles. The van der Waals surface area contributed by atoms with E-state index in [2.05, 4.69) is 20.2 Å². The number of nitrogens with two attached hydrogens (primary N) is 1. The van der Waals surface area contributed by atoms with Crippen LogP contribution < -0.4 is 20.7 Å². The van der Waals surface area contributed by atoms with E-state index >= 15 is 0 Å². The lowest BCUT2D eigenvalue weighted by Crippen LogP contribution is -2.37. The third kappa shape index (κ3) is 4.39. The van der Waals surface area contributed by atoms with Gasteiger partial charge in [0.1, 0.15) is 17.8 Å². The minimum atomic E-state index is -0.146. The summed E-state index contributed by atoms with van der Waals surface area (Å²) in [7, 11) is 3.07. The molecule has 0 spiro atoms. The van der Waals surface area contributed by atoms with Gasteiger partial charge >= 0.3 is 5.97 Å². The Morgan fingerprint density at radius 2 is 1.93 bits per heavy atom. The average Bonchev–Trinajstić information content (AvgIpc) is 2.73. The summed E-state index contributed by atoms with van der Waals surface area (Å²) in [6, 6.07) is 7.80. The summed E-state index contributed by atoms with van der Waals surface area (Å²) in [6.45, 7) is 2.01. The Morgan fingerprint density at radius 1 is 1.22 bits per heavy atom. The molecule has 8 heteroatoms. The maximum Gasteiger partial charge on any atom is 0.308 e. The van der Waals surface area contributed by atoms with Crippen LogP contribution in [0.2, 0.25) is 0 Å². The summed E-state index contributed by atoms with van der Waals surface area (Å²) in [4.78, 5) is 22.4. The fraction of sp³-hybridized carbons (Fsp3) is 0.421. The number of hydrogen-bond acceptors (Lipinski definition) is 8. The molecule has 0 bridgehead atoms. The average molecular weight is 371 g/mol. The summed E-state index contributed by atoms with van der Waals surface area (Å²) in [6.07, 6.45) is 2.96. The van der Waals surface area contributed by atoms with Gasteiger partial charge in [-0.05, 0) is 30.5 Å². The highest BCUT2D eigenvalue weighted by atomic mass is 16.5. The Bertz CT molecular complexity index is 773. The number of ether oxygens (including phenoxy) is 2. The number of nitrogens with zero attached hydrogens (tertiary/aromatic N) is 3. The second-order valence-corrected chi connectivity index (χ2v) is 6.45. The molecule has 2 aromatic rings. The van der Waals surface area contributed by atoms with Gasteiger partial charge in [0, 0.05) is 19.6 Å². The van der Waals surface area contributed by atoms with Crippen molar-refractivity contribution in [3.8, 4) is 5.75 Å². The number of carbonyl (C=O) groups excluding carboxylic acids is 1. The Morgan fingerprint density at radius 3 is 2.56 bits per heavy atom. The van der Waals surface area contributed by atoms with Gasteiger partial charge < -0.3 is 25.4 Å². The molecule has 0 saturated carbocycles.